The quantitative estimate of drug-likeness (QED) is 0.757. The standard InChI is InChI=1S/C15H23ClO2/c1-3-5-6-12(4-2)11-18-15-8-7-13(10-17)9-14(15)16/h7-9,12,17H,3-6,10-11H2,1-2H3. The van der Waals surface area contributed by atoms with Crippen LogP contribution in [0.25, 0.3) is 0 Å². The van der Waals surface area contributed by atoms with Crippen LogP contribution in [0, 0.1) is 5.92 Å². The molecule has 0 aliphatic heterocycles. The van der Waals surface area contributed by atoms with Crippen molar-refractivity contribution in [2.45, 2.75) is 46.1 Å². The number of rotatable bonds is 8. The van der Waals surface area contributed by atoms with Gasteiger partial charge in [0.2, 0.25) is 0 Å². The molecule has 0 saturated heterocycles. The summed E-state index contributed by atoms with van der Waals surface area (Å²) in [7, 11) is 0. The van der Waals surface area contributed by atoms with E-state index in [0.29, 0.717) is 23.3 Å². The molecule has 102 valence electrons. The largest absolute Gasteiger partial charge is 0.492 e. The van der Waals surface area contributed by atoms with Gasteiger partial charge < -0.3 is 9.84 Å². The van der Waals surface area contributed by atoms with E-state index in [2.05, 4.69) is 13.8 Å². The molecule has 0 aliphatic carbocycles. The van der Waals surface area contributed by atoms with E-state index in [1.165, 1.54) is 19.3 Å². The minimum Gasteiger partial charge on any atom is -0.492 e. The molecule has 1 aromatic rings. The van der Waals surface area contributed by atoms with Crippen molar-refractivity contribution in [3.8, 4) is 5.75 Å². The normalized spacial score (nSPS) is 12.4. The van der Waals surface area contributed by atoms with Crippen molar-refractivity contribution < 1.29 is 9.84 Å². The van der Waals surface area contributed by atoms with Crippen molar-refractivity contribution in [1.29, 1.82) is 0 Å². The summed E-state index contributed by atoms with van der Waals surface area (Å²) in [6.07, 6.45) is 4.81. The first-order chi connectivity index (χ1) is 8.71. The first kappa shape index (κ1) is 15.3. The van der Waals surface area contributed by atoms with E-state index in [1.807, 2.05) is 12.1 Å². The van der Waals surface area contributed by atoms with Crippen LogP contribution >= 0.6 is 11.6 Å². The monoisotopic (exact) mass is 270 g/mol. The molecular weight excluding hydrogens is 248 g/mol. The number of benzene rings is 1. The maximum Gasteiger partial charge on any atom is 0.137 e. The molecule has 18 heavy (non-hydrogen) atoms. The Hall–Kier alpha value is -0.730. The van der Waals surface area contributed by atoms with Crippen molar-refractivity contribution in [3.63, 3.8) is 0 Å². The third kappa shape index (κ3) is 4.87. The van der Waals surface area contributed by atoms with Gasteiger partial charge in [-0.05, 0) is 30.0 Å². The summed E-state index contributed by atoms with van der Waals surface area (Å²) in [4.78, 5) is 0. The first-order valence-electron chi connectivity index (χ1n) is 6.73. The molecule has 0 heterocycles. The topological polar surface area (TPSA) is 29.5 Å². The van der Waals surface area contributed by atoms with Gasteiger partial charge in [-0.25, -0.2) is 0 Å². The second-order valence-electron chi connectivity index (χ2n) is 4.65. The van der Waals surface area contributed by atoms with Gasteiger partial charge in [0, 0.05) is 0 Å². The van der Waals surface area contributed by atoms with Gasteiger partial charge in [-0.15, -0.1) is 0 Å². The Bertz CT molecular complexity index is 352. The van der Waals surface area contributed by atoms with Gasteiger partial charge in [0.05, 0.1) is 18.2 Å². The number of hydrogen-bond donors (Lipinski definition) is 1. The third-order valence-electron chi connectivity index (χ3n) is 3.20. The average molecular weight is 271 g/mol. The maximum absolute atomic E-state index is 9.01. The molecule has 0 spiro atoms. The fraction of sp³-hybridized carbons (Fsp3) is 0.600. The van der Waals surface area contributed by atoms with Crippen LogP contribution in [0.1, 0.15) is 45.1 Å². The van der Waals surface area contributed by atoms with E-state index in [4.69, 9.17) is 21.4 Å². The van der Waals surface area contributed by atoms with Crippen molar-refractivity contribution in [2.24, 2.45) is 5.92 Å². The summed E-state index contributed by atoms with van der Waals surface area (Å²) in [6, 6.07) is 5.43. The Morgan fingerprint density at radius 1 is 1.33 bits per heavy atom. The molecule has 1 aromatic carbocycles. The molecule has 0 aromatic heterocycles. The third-order valence-corrected chi connectivity index (χ3v) is 3.49. The van der Waals surface area contributed by atoms with Crippen LogP contribution in [0.4, 0.5) is 0 Å². The number of halogens is 1. The fourth-order valence-electron chi connectivity index (χ4n) is 1.87. The molecule has 0 fully saturated rings. The van der Waals surface area contributed by atoms with E-state index in [0.717, 1.165) is 12.0 Å². The van der Waals surface area contributed by atoms with Gasteiger partial charge in [0.25, 0.3) is 0 Å². The molecule has 0 amide bonds. The Labute approximate surface area is 115 Å². The molecule has 1 rings (SSSR count). The second kappa shape index (κ2) is 8.39. The molecule has 0 bridgehead atoms. The number of aliphatic hydroxyl groups is 1. The predicted molar refractivity (Wildman–Crippen MR) is 76.2 cm³/mol. The minimum absolute atomic E-state index is 0.00802. The summed E-state index contributed by atoms with van der Waals surface area (Å²) >= 11 is 6.10. The first-order valence-corrected chi connectivity index (χ1v) is 7.11. The molecule has 0 radical (unpaired) electrons. The van der Waals surface area contributed by atoms with Gasteiger partial charge in [-0.2, -0.15) is 0 Å². The highest BCUT2D eigenvalue weighted by atomic mass is 35.5. The highest BCUT2D eigenvalue weighted by molar-refractivity contribution is 6.32. The van der Waals surface area contributed by atoms with Crippen molar-refractivity contribution in [1.82, 2.24) is 0 Å². The smallest absolute Gasteiger partial charge is 0.137 e. The Morgan fingerprint density at radius 2 is 2.11 bits per heavy atom. The zero-order valence-electron chi connectivity index (χ0n) is 11.3. The highest BCUT2D eigenvalue weighted by Gasteiger charge is 2.09. The van der Waals surface area contributed by atoms with Gasteiger partial charge in [-0.1, -0.05) is 50.8 Å². The highest BCUT2D eigenvalue weighted by Crippen LogP contribution is 2.26. The lowest BCUT2D eigenvalue weighted by Gasteiger charge is -2.16. The van der Waals surface area contributed by atoms with Gasteiger partial charge in [-0.3, -0.25) is 0 Å². The fourth-order valence-corrected chi connectivity index (χ4v) is 2.12. The number of unbranched alkanes of at least 4 members (excludes halogenated alkanes) is 1. The van der Waals surface area contributed by atoms with Crippen LogP contribution in [0.2, 0.25) is 5.02 Å². The predicted octanol–water partition coefficient (Wildman–Crippen LogP) is 4.43. The molecule has 3 heteroatoms. The van der Waals surface area contributed by atoms with Crippen LogP contribution in [-0.4, -0.2) is 11.7 Å². The lowest BCUT2D eigenvalue weighted by atomic mass is 10.0. The van der Waals surface area contributed by atoms with Crippen molar-refractivity contribution in [3.05, 3.63) is 28.8 Å². The second-order valence-corrected chi connectivity index (χ2v) is 5.06. The van der Waals surface area contributed by atoms with E-state index < -0.39 is 0 Å². The van der Waals surface area contributed by atoms with Crippen molar-refractivity contribution >= 4 is 11.6 Å². The molecule has 1 unspecified atom stereocenters. The van der Waals surface area contributed by atoms with E-state index in [-0.39, 0.29) is 6.61 Å². The van der Waals surface area contributed by atoms with E-state index in [9.17, 15) is 0 Å². The van der Waals surface area contributed by atoms with E-state index in [1.54, 1.807) is 6.07 Å². The lowest BCUT2D eigenvalue weighted by molar-refractivity contribution is 0.233. The molecule has 2 nitrogen and oxygen atoms in total. The summed E-state index contributed by atoms with van der Waals surface area (Å²) in [5, 5.41) is 9.58. The summed E-state index contributed by atoms with van der Waals surface area (Å²) in [5.41, 5.74) is 0.811. The molecule has 1 atom stereocenters. The van der Waals surface area contributed by atoms with Crippen LogP contribution in [0.5, 0.6) is 5.75 Å². The average Bonchev–Trinajstić information content (AvgIpc) is 2.40. The molecule has 1 N–H and O–H groups in total. The molecule has 0 saturated carbocycles. The Balaban J connectivity index is 2.51. The number of aliphatic hydroxyl groups excluding tert-OH is 1. The lowest BCUT2D eigenvalue weighted by Crippen LogP contribution is -2.11. The van der Waals surface area contributed by atoms with Crippen LogP contribution in [-0.2, 0) is 6.61 Å². The summed E-state index contributed by atoms with van der Waals surface area (Å²) in [6.45, 7) is 5.13. The Morgan fingerprint density at radius 3 is 2.67 bits per heavy atom. The maximum atomic E-state index is 9.01. The zero-order chi connectivity index (χ0) is 13.4. The molecular formula is C15H23ClO2. The summed E-state index contributed by atoms with van der Waals surface area (Å²) < 4.78 is 5.77. The molecule has 0 aliphatic rings. The van der Waals surface area contributed by atoms with Crippen LogP contribution in [0.15, 0.2) is 18.2 Å². The zero-order valence-corrected chi connectivity index (χ0v) is 12.0. The SMILES string of the molecule is CCCCC(CC)COc1ccc(CO)cc1Cl. The van der Waals surface area contributed by atoms with Crippen LogP contribution < -0.4 is 4.74 Å². The van der Waals surface area contributed by atoms with Crippen LogP contribution in [0.3, 0.4) is 0 Å². The van der Waals surface area contributed by atoms with Gasteiger partial charge in [0.1, 0.15) is 5.75 Å². The number of ether oxygens (including phenoxy) is 1. The summed E-state index contributed by atoms with van der Waals surface area (Å²) in [5.74, 6) is 1.31. The van der Waals surface area contributed by atoms with Gasteiger partial charge in [0.15, 0.2) is 0 Å². The Kier molecular flexibility index (Phi) is 7.14. The van der Waals surface area contributed by atoms with Crippen molar-refractivity contribution in [2.75, 3.05) is 6.61 Å². The van der Waals surface area contributed by atoms with E-state index >= 15 is 0 Å². The minimum atomic E-state index is 0.00802. The van der Waals surface area contributed by atoms with Gasteiger partial charge >= 0.3 is 0 Å². The number of hydrogen-bond acceptors (Lipinski definition) is 2.